The van der Waals surface area contributed by atoms with Crippen molar-refractivity contribution in [1.29, 1.82) is 0 Å². The van der Waals surface area contributed by atoms with Gasteiger partial charge in [-0.2, -0.15) is 0 Å². The molecule has 4 heteroatoms. The minimum Gasteiger partial charge on any atom is -0.504 e. The maximum absolute atomic E-state index is 9.91. The van der Waals surface area contributed by atoms with Crippen molar-refractivity contribution in [3.63, 3.8) is 0 Å². The highest BCUT2D eigenvalue weighted by Gasteiger charge is 2.27. The fourth-order valence-corrected chi connectivity index (χ4v) is 2.74. The summed E-state index contributed by atoms with van der Waals surface area (Å²) in [6, 6.07) is 11.3. The molecule has 21 heavy (non-hydrogen) atoms. The Bertz CT molecular complexity index is 669. The van der Waals surface area contributed by atoms with Crippen molar-refractivity contribution in [3.8, 4) is 17.2 Å². The van der Waals surface area contributed by atoms with E-state index < -0.39 is 0 Å². The van der Waals surface area contributed by atoms with Crippen molar-refractivity contribution in [1.82, 2.24) is 0 Å². The molecule has 0 aliphatic carbocycles. The van der Waals surface area contributed by atoms with Crippen LogP contribution in [0.25, 0.3) is 0 Å². The zero-order valence-corrected chi connectivity index (χ0v) is 12.2. The lowest BCUT2D eigenvalue weighted by Gasteiger charge is -2.31. The highest BCUT2D eigenvalue weighted by Crippen LogP contribution is 2.41. The number of benzene rings is 2. The molecule has 2 aromatic carbocycles. The Morgan fingerprint density at radius 2 is 2.05 bits per heavy atom. The van der Waals surface area contributed by atoms with Crippen LogP contribution in [0.15, 0.2) is 36.4 Å². The average Bonchev–Trinajstić information content (AvgIpc) is 2.47. The molecule has 0 fully saturated rings. The maximum atomic E-state index is 9.91. The molecular formula is C17H19NO3. The lowest BCUT2D eigenvalue weighted by Crippen LogP contribution is -2.24. The van der Waals surface area contributed by atoms with E-state index in [1.165, 1.54) is 12.7 Å². The van der Waals surface area contributed by atoms with E-state index in [0.717, 1.165) is 16.9 Å². The molecule has 2 aromatic rings. The summed E-state index contributed by atoms with van der Waals surface area (Å²) in [5.41, 5.74) is 9.39. The zero-order chi connectivity index (χ0) is 15.0. The van der Waals surface area contributed by atoms with E-state index in [-0.39, 0.29) is 17.9 Å². The van der Waals surface area contributed by atoms with Crippen LogP contribution in [0.1, 0.15) is 35.3 Å². The van der Waals surface area contributed by atoms with Gasteiger partial charge >= 0.3 is 0 Å². The van der Waals surface area contributed by atoms with Gasteiger partial charge in [0.25, 0.3) is 0 Å². The van der Waals surface area contributed by atoms with E-state index in [0.29, 0.717) is 12.2 Å². The van der Waals surface area contributed by atoms with Gasteiger partial charge in [0, 0.05) is 18.0 Å². The zero-order valence-electron chi connectivity index (χ0n) is 12.2. The van der Waals surface area contributed by atoms with E-state index >= 15 is 0 Å². The molecule has 0 bridgehead atoms. The molecule has 0 radical (unpaired) electrons. The van der Waals surface area contributed by atoms with Crippen LogP contribution in [0.3, 0.4) is 0 Å². The fourth-order valence-electron chi connectivity index (χ4n) is 2.74. The number of phenolic OH excluding ortho intramolecular Hbond substituents is 1. The molecule has 0 saturated heterocycles. The first-order valence-electron chi connectivity index (χ1n) is 6.98. The molecule has 0 amide bonds. The molecule has 1 unspecified atom stereocenters. The Hall–Kier alpha value is -2.20. The Balaban J connectivity index is 1.92. The van der Waals surface area contributed by atoms with E-state index in [4.69, 9.17) is 15.2 Å². The van der Waals surface area contributed by atoms with Crippen LogP contribution < -0.4 is 15.2 Å². The molecule has 0 saturated carbocycles. The molecule has 0 spiro atoms. The number of fused-ring (bicyclic) bond motifs is 1. The van der Waals surface area contributed by atoms with Crippen molar-refractivity contribution < 1.29 is 14.6 Å². The molecule has 3 N–H and O–H groups in total. The van der Waals surface area contributed by atoms with Gasteiger partial charge in [0.1, 0.15) is 11.9 Å². The first kappa shape index (κ1) is 13.8. The van der Waals surface area contributed by atoms with Gasteiger partial charge in [-0.15, -0.1) is 0 Å². The minimum absolute atomic E-state index is 0.0668. The summed E-state index contributed by atoms with van der Waals surface area (Å²) in [7, 11) is 1.53. The van der Waals surface area contributed by atoms with E-state index in [2.05, 4.69) is 6.07 Å². The van der Waals surface area contributed by atoms with Crippen LogP contribution in [0.4, 0.5) is 0 Å². The number of methoxy groups -OCH3 is 1. The van der Waals surface area contributed by atoms with Crippen molar-refractivity contribution in [2.45, 2.75) is 25.5 Å². The average molecular weight is 285 g/mol. The number of aromatic hydroxyl groups is 1. The van der Waals surface area contributed by atoms with Gasteiger partial charge in [0.05, 0.1) is 7.11 Å². The van der Waals surface area contributed by atoms with Gasteiger partial charge in [-0.05, 0) is 30.7 Å². The summed E-state index contributed by atoms with van der Waals surface area (Å²) in [6.07, 6.45) is 0.523. The van der Waals surface area contributed by atoms with Crippen LogP contribution in [0.2, 0.25) is 0 Å². The number of hydrogen-bond acceptors (Lipinski definition) is 4. The van der Waals surface area contributed by atoms with Crippen molar-refractivity contribution in [2.24, 2.45) is 5.73 Å². The van der Waals surface area contributed by atoms with E-state index in [9.17, 15) is 5.11 Å². The molecule has 110 valence electrons. The number of rotatable bonds is 2. The second-order valence-corrected chi connectivity index (χ2v) is 5.42. The van der Waals surface area contributed by atoms with E-state index in [1.54, 1.807) is 12.1 Å². The Morgan fingerprint density at radius 1 is 1.24 bits per heavy atom. The Kier molecular flexibility index (Phi) is 3.47. The van der Waals surface area contributed by atoms with Gasteiger partial charge in [0.15, 0.2) is 11.5 Å². The van der Waals surface area contributed by atoms with Crippen LogP contribution in [0.5, 0.6) is 17.2 Å². The fraction of sp³-hybridized carbons (Fsp3) is 0.294. The molecule has 4 nitrogen and oxygen atoms in total. The third kappa shape index (κ3) is 2.54. The first-order chi connectivity index (χ1) is 10.1. The van der Waals surface area contributed by atoms with Crippen LogP contribution in [-0.4, -0.2) is 12.2 Å². The second kappa shape index (κ2) is 5.30. The van der Waals surface area contributed by atoms with Gasteiger partial charge < -0.3 is 20.3 Å². The topological polar surface area (TPSA) is 64.7 Å². The number of ether oxygens (including phenoxy) is 2. The van der Waals surface area contributed by atoms with Gasteiger partial charge in [-0.25, -0.2) is 0 Å². The van der Waals surface area contributed by atoms with Gasteiger partial charge in [-0.3, -0.25) is 0 Å². The highest BCUT2D eigenvalue weighted by molar-refractivity contribution is 5.45. The van der Waals surface area contributed by atoms with Crippen molar-refractivity contribution in [2.75, 3.05) is 7.11 Å². The smallest absolute Gasteiger partial charge is 0.160 e. The normalized spacial score (nSPS) is 20.5. The summed E-state index contributed by atoms with van der Waals surface area (Å²) in [6.45, 7) is 2.04. The predicted molar refractivity (Wildman–Crippen MR) is 80.8 cm³/mol. The Morgan fingerprint density at radius 3 is 2.76 bits per heavy atom. The van der Waals surface area contributed by atoms with Crippen LogP contribution in [0, 0.1) is 6.92 Å². The van der Waals surface area contributed by atoms with Crippen molar-refractivity contribution >= 4 is 0 Å². The standard InChI is InChI=1S/C17H19NO3/c1-10-3-5-15-12(7-10)13(18)9-17(21-15)11-4-6-16(20-2)14(19)8-11/h3-8,13,17,19H,9,18H2,1-2H3/t13-,17?/m0/s1. The molecule has 1 aliphatic heterocycles. The molecule has 1 heterocycles. The summed E-state index contributed by atoms with van der Waals surface area (Å²) in [5.74, 6) is 1.39. The lowest BCUT2D eigenvalue weighted by atomic mass is 9.92. The minimum atomic E-state index is -0.160. The molecule has 2 atom stereocenters. The molecule has 1 aliphatic rings. The first-order valence-corrected chi connectivity index (χ1v) is 6.98. The van der Waals surface area contributed by atoms with Gasteiger partial charge in [-0.1, -0.05) is 23.8 Å². The highest BCUT2D eigenvalue weighted by atomic mass is 16.5. The molecular weight excluding hydrogens is 266 g/mol. The van der Waals surface area contributed by atoms with Crippen LogP contribution >= 0.6 is 0 Å². The maximum Gasteiger partial charge on any atom is 0.160 e. The third-order valence-electron chi connectivity index (χ3n) is 3.88. The van der Waals surface area contributed by atoms with Gasteiger partial charge in [0.2, 0.25) is 0 Å². The van der Waals surface area contributed by atoms with Crippen LogP contribution in [-0.2, 0) is 0 Å². The van der Waals surface area contributed by atoms with E-state index in [1.807, 2.05) is 25.1 Å². The summed E-state index contributed by atoms with van der Waals surface area (Å²) in [5, 5.41) is 9.91. The number of nitrogens with two attached hydrogens (primary N) is 1. The Labute approximate surface area is 124 Å². The molecule has 3 rings (SSSR count). The number of hydrogen-bond donors (Lipinski definition) is 2. The second-order valence-electron chi connectivity index (χ2n) is 5.42. The number of aryl methyl sites for hydroxylation is 1. The molecule has 0 aromatic heterocycles. The third-order valence-corrected chi connectivity index (χ3v) is 3.88. The van der Waals surface area contributed by atoms with Crippen molar-refractivity contribution in [3.05, 3.63) is 53.1 Å². The monoisotopic (exact) mass is 285 g/mol. The predicted octanol–water partition coefficient (Wildman–Crippen LogP) is 3.23. The SMILES string of the molecule is COc1ccc(C2C[C@H](N)c3cc(C)ccc3O2)cc1O. The lowest BCUT2D eigenvalue weighted by molar-refractivity contribution is 0.161. The largest absolute Gasteiger partial charge is 0.504 e. The number of phenols is 1. The quantitative estimate of drug-likeness (QED) is 0.889. The summed E-state index contributed by atoms with van der Waals surface area (Å²) in [4.78, 5) is 0. The summed E-state index contributed by atoms with van der Waals surface area (Å²) >= 11 is 0. The summed E-state index contributed by atoms with van der Waals surface area (Å²) < 4.78 is 11.1.